The van der Waals surface area contributed by atoms with Gasteiger partial charge >= 0.3 is 0 Å². The average molecular weight is 448 g/mol. The second-order valence-corrected chi connectivity index (χ2v) is 7.75. The maximum absolute atomic E-state index is 13.4. The summed E-state index contributed by atoms with van der Waals surface area (Å²) >= 11 is 2.06. The minimum atomic E-state index is -3.77. The van der Waals surface area contributed by atoms with Gasteiger partial charge < -0.3 is 5.32 Å². The number of carbonyl (C=O) groups is 1. The third-order valence-corrected chi connectivity index (χ3v) is 5.22. The average Bonchev–Trinajstić information content (AvgIpc) is 2.50. The molecule has 2 aromatic rings. The van der Waals surface area contributed by atoms with Gasteiger partial charge in [0.15, 0.2) is 0 Å². The van der Waals surface area contributed by atoms with Gasteiger partial charge in [-0.1, -0.05) is 6.07 Å². The molecule has 1 amide bonds. The van der Waals surface area contributed by atoms with E-state index in [1.807, 2.05) is 0 Å². The van der Waals surface area contributed by atoms with Gasteiger partial charge in [-0.25, -0.2) is 17.5 Å². The molecule has 2 rings (SSSR count). The highest BCUT2D eigenvalue weighted by Crippen LogP contribution is 2.17. The number of nitrogens with one attached hydrogen (secondary N) is 2. The fourth-order valence-corrected chi connectivity index (χ4v) is 3.14. The van der Waals surface area contributed by atoms with Gasteiger partial charge in [-0.15, -0.1) is 0 Å². The molecule has 5 nitrogen and oxygen atoms in total. The maximum atomic E-state index is 13.4. The first-order chi connectivity index (χ1) is 10.8. The molecule has 0 unspecified atom stereocenters. The van der Waals surface area contributed by atoms with Crippen LogP contribution in [-0.4, -0.2) is 20.9 Å². The Balaban J connectivity index is 2.01. The van der Waals surface area contributed by atoms with Crippen LogP contribution in [0.15, 0.2) is 47.4 Å². The number of amides is 1. The summed E-state index contributed by atoms with van der Waals surface area (Å²) in [5.41, 5.74) is 0.602. The minimum Gasteiger partial charge on any atom is -0.325 e. The summed E-state index contributed by atoms with van der Waals surface area (Å²) in [6.45, 7) is 1.09. The van der Waals surface area contributed by atoms with E-state index >= 15 is 0 Å². The van der Waals surface area contributed by atoms with E-state index in [1.165, 1.54) is 31.2 Å². The molecule has 0 atom stereocenters. The monoisotopic (exact) mass is 448 g/mol. The molecule has 0 saturated carbocycles. The Kier molecular flexibility index (Phi) is 5.71. The van der Waals surface area contributed by atoms with E-state index in [2.05, 4.69) is 32.6 Å². The zero-order valence-corrected chi connectivity index (χ0v) is 15.1. The van der Waals surface area contributed by atoms with E-state index < -0.39 is 28.3 Å². The smallest absolute Gasteiger partial charge is 0.241 e. The van der Waals surface area contributed by atoms with Gasteiger partial charge in [0.2, 0.25) is 15.9 Å². The lowest BCUT2D eigenvalue weighted by Crippen LogP contribution is -2.33. The van der Waals surface area contributed by atoms with Crippen LogP contribution < -0.4 is 10.0 Å². The Morgan fingerprint density at radius 1 is 1.17 bits per heavy atom. The molecule has 0 aromatic heterocycles. The van der Waals surface area contributed by atoms with Gasteiger partial charge in [0.1, 0.15) is 5.82 Å². The van der Waals surface area contributed by atoms with Crippen molar-refractivity contribution in [2.24, 2.45) is 0 Å². The molecule has 2 N–H and O–H groups in total. The largest absolute Gasteiger partial charge is 0.325 e. The van der Waals surface area contributed by atoms with Gasteiger partial charge in [-0.2, -0.15) is 0 Å². The highest BCUT2D eigenvalue weighted by atomic mass is 127. The Morgan fingerprint density at radius 3 is 2.48 bits per heavy atom. The van der Waals surface area contributed by atoms with Crippen LogP contribution in [0.25, 0.3) is 0 Å². The highest BCUT2D eigenvalue weighted by Gasteiger charge is 2.16. The van der Waals surface area contributed by atoms with Crippen LogP contribution in [0.1, 0.15) is 5.56 Å². The number of benzene rings is 2. The SMILES string of the molecule is Cc1c(F)cccc1NC(=O)CNS(=O)(=O)c1ccc(I)cc1. The van der Waals surface area contributed by atoms with Crippen LogP contribution >= 0.6 is 22.6 Å². The zero-order chi connectivity index (χ0) is 17.0. The summed E-state index contributed by atoms with van der Waals surface area (Å²) in [6.07, 6.45) is 0. The first-order valence-electron chi connectivity index (χ1n) is 6.60. The summed E-state index contributed by atoms with van der Waals surface area (Å²) in [4.78, 5) is 11.9. The van der Waals surface area contributed by atoms with Gasteiger partial charge in [0.25, 0.3) is 0 Å². The third kappa shape index (κ3) is 4.72. The third-order valence-electron chi connectivity index (χ3n) is 3.09. The molecular weight excluding hydrogens is 434 g/mol. The molecule has 0 aliphatic carbocycles. The molecule has 0 radical (unpaired) electrons. The Hall–Kier alpha value is -1.52. The number of halogens is 2. The molecule has 0 aliphatic heterocycles. The molecule has 122 valence electrons. The molecule has 0 spiro atoms. The predicted molar refractivity (Wildman–Crippen MR) is 94.1 cm³/mol. The lowest BCUT2D eigenvalue weighted by atomic mass is 10.2. The normalized spacial score (nSPS) is 11.3. The first-order valence-corrected chi connectivity index (χ1v) is 9.16. The summed E-state index contributed by atoms with van der Waals surface area (Å²) in [5, 5.41) is 2.48. The van der Waals surface area contributed by atoms with Gasteiger partial charge in [0, 0.05) is 14.8 Å². The van der Waals surface area contributed by atoms with Crippen molar-refractivity contribution in [3.63, 3.8) is 0 Å². The first kappa shape index (κ1) is 17.8. The van der Waals surface area contributed by atoms with E-state index in [0.717, 1.165) is 3.57 Å². The molecule has 23 heavy (non-hydrogen) atoms. The standard InChI is InChI=1S/C15H14FIN2O3S/c1-10-13(16)3-2-4-14(10)19-15(20)9-18-23(21,22)12-7-5-11(17)6-8-12/h2-8,18H,9H2,1H3,(H,19,20). The molecule has 0 heterocycles. The number of sulfonamides is 1. The van der Waals surface area contributed by atoms with Crippen LogP contribution in [0.4, 0.5) is 10.1 Å². The van der Waals surface area contributed by atoms with Crippen LogP contribution in [0.2, 0.25) is 0 Å². The van der Waals surface area contributed by atoms with Crippen LogP contribution in [0.3, 0.4) is 0 Å². The number of anilines is 1. The van der Waals surface area contributed by atoms with E-state index in [-0.39, 0.29) is 4.90 Å². The second kappa shape index (κ2) is 7.37. The summed E-state index contributed by atoms with van der Waals surface area (Å²) in [7, 11) is -3.77. The predicted octanol–water partition coefficient (Wildman–Crippen LogP) is 2.66. The van der Waals surface area contributed by atoms with E-state index in [4.69, 9.17) is 0 Å². The van der Waals surface area contributed by atoms with Gasteiger partial charge in [-0.3, -0.25) is 4.79 Å². The zero-order valence-electron chi connectivity index (χ0n) is 12.1. The van der Waals surface area contributed by atoms with Crippen molar-refractivity contribution in [2.45, 2.75) is 11.8 Å². The number of carbonyl (C=O) groups excluding carboxylic acids is 1. The molecule has 8 heteroatoms. The molecular formula is C15H14FIN2O3S. The fourth-order valence-electron chi connectivity index (χ4n) is 1.79. The van der Waals surface area contributed by atoms with Crippen molar-refractivity contribution in [1.29, 1.82) is 0 Å². The van der Waals surface area contributed by atoms with E-state index in [1.54, 1.807) is 18.2 Å². The lowest BCUT2D eigenvalue weighted by Gasteiger charge is -2.10. The van der Waals surface area contributed by atoms with Crippen LogP contribution in [0, 0.1) is 16.3 Å². The molecule has 0 fully saturated rings. The number of hydrogen-bond acceptors (Lipinski definition) is 3. The Bertz CT molecular complexity index is 823. The minimum absolute atomic E-state index is 0.0765. The number of rotatable bonds is 5. The number of hydrogen-bond donors (Lipinski definition) is 2. The summed E-state index contributed by atoms with van der Waals surface area (Å²) in [6, 6.07) is 10.5. The highest BCUT2D eigenvalue weighted by molar-refractivity contribution is 14.1. The Labute approximate surface area is 147 Å². The molecule has 2 aromatic carbocycles. The second-order valence-electron chi connectivity index (χ2n) is 4.74. The van der Waals surface area contributed by atoms with E-state index in [0.29, 0.717) is 11.3 Å². The topological polar surface area (TPSA) is 75.3 Å². The summed E-state index contributed by atoms with van der Waals surface area (Å²) in [5.74, 6) is -1.02. The van der Waals surface area contributed by atoms with Crippen molar-refractivity contribution < 1.29 is 17.6 Å². The van der Waals surface area contributed by atoms with Crippen molar-refractivity contribution in [2.75, 3.05) is 11.9 Å². The van der Waals surface area contributed by atoms with Crippen molar-refractivity contribution in [1.82, 2.24) is 4.72 Å². The van der Waals surface area contributed by atoms with Crippen molar-refractivity contribution >= 4 is 44.2 Å². The Morgan fingerprint density at radius 2 is 1.83 bits per heavy atom. The molecule has 0 aliphatic rings. The van der Waals surface area contributed by atoms with Crippen LogP contribution in [0.5, 0.6) is 0 Å². The van der Waals surface area contributed by atoms with E-state index in [9.17, 15) is 17.6 Å². The van der Waals surface area contributed by atoms with Gasteiger partial charge in [-0.05, 0) is 65.9 Å². The van der Waals surface area contributed by atoms with Crippen LogP contribution in [-0.2, 0) is 14.8 Å². The van der Waals surface area contributed by atoms with Crippen molar-refractivity contribution in [3.8, 4) is 0 Å². The molecule has 0 bridgehead atoms. The van der Waals surface area contributed by atoms with Crippen molar-refractivity contribution in [3.05, 3.63) is 57.4 Å². The fraction of sp³-hybridized carbons (Fsp3) is 0.133. The lowest BCUT2D eigenvalue weighted by molar-refractivity contribution is -0.115. The molecule has 0 saturated heterocycles. The van der Waals surface area contributed by atoms with Gasteiger partial charge in [0.05, 0.1) is 11.4 Å². The quantitative estimate of drug-likeness (QED) is 0.691. The maximum Gasteiger partial charge on any atom is 0.241 e. The summed E-state index contributed by atoms with van der Waals surface area (Å²) < 4.78 is 40.6.